The lowest BCUT2D eigenvalue weighted by atomic mass is 10.1. The van der Waals surface area contributed by atoms with Crippen LogP contribution < -0.4 is 10.2 Å². The SMILES string of the molecule is CC1CCN(c2ccnc(Nc3cnn(C)c3)n2)C1=O. The van der Waals surface area contributed by atoms with Gasteiger partial charge in [-0.3, -0.25) is 14.4 Å². The Labute approximate surface area is 116 Å². The van der Waals surface area contributed by atoms with Crippen molar-refractivity contribution in [3.8, 4) is 0 Å². The van der Waals surface area contributed by atoms with E-state index >= 15 is 0 Å². The van der Waals surface area contributed by atoms with E-state index in [1.807, 2.05) is 20.2 Å². The fourth-order valence-electron chi connectivity index (χ4n) is 2.22. The number of nitrogens with zero attached hydrogens (tertiary/aromatic N) is 5. The van der Waals surface area contributed by atoms with Crippen molar-refractivity contribution in [3.63, 3.8) is 0 Å². The van der Waals surface area contributed by atoms with E-state index in [9.17, 15) is 4.79 Å². The molecule has 1 unspecified atom stereocenters. The summed E-state index contributed by atoms with van der Waals surface area (Å²) in [6.45, 7) is 2.65. The summed E-state index contributed by atoms with van der Waals surface area (Å²) in [5.74, 6) is 1.29. The van der Waals surface area contributed by atoms with Gasteiger partial charge < -0.3 is 5.32 Å². The van der Waals surface area contributed by atoms with Crippen molar-refractivity contribution in [2.24, 2.45) is 13.0 Å². The lowest BCUT2D eigenvalue weighted by molar-refractivity contribution is -0.119. The van der Waals surface area contributed by atoms with Gasteiger partial charge in [0.15, 0.2) is 0 Å². The second-order valence-electron chi connectivity index (χ2n) is 4.95. The first-order chi connectivity index (χ1) is 9.63. The number of carbonyl (C=O) groups excluding carboxylic acids is 1. The second-order valence-corrected chi connectivity index (χ2v) is 4.95. The lowest BCUT2D eigenvalue weighted by Crippen LogP contribution is -2.27. The van der Waals surface area contributed by atoms with Crippen molar-refractivity contribution in [1.82, 2.24) is 19.7 Å². The Hall–Kier alpha value is -2.44. The van der Waals surface area contributed by atoms with Gasteiger partial charge in [0.2, 0.25) is 11.9 Å². The van der Waals surface area contributed by atoms with E-state index in [0.717, 1.165) is 12.1 Å². The Morgan fingerprint density at radius 2 is 2.30 bits per heavy atom. The minimum absolute atomic E-state index is 0.0692. The van der Waals surface area contributed by atoms with Crippen LogP contribution in [0.4, 0.5) is 17.5 Å². The average Bonchev–Trinajstić information content (AvgIpc) is 2.98. The highest BCUT2D eigenvalue weighted by Gasteiger charge is 2.29. The van der Waals surface area contributed by atoms with Crippen LogP contribution in [-0.4, -0.2) is 32.2 Å². The number of nitrogens with one attached hydrogen (secondary N) is 1. The van der Waals surface area contributed by atoms with Gasteiger partial charge in [0.25, 0.3) is 0 Å². The number of carbonyl (C=O) groups is 1. The molecule has 1 aliphatic rings. The van der Waals surface area contributed by atoms with Crippen LogP contribution in [0.25, 0.3) is 0 Å². The van der Waals surface area contributed by atoms with Crippen LogP contribution in [0.5, 0.6) is 0 Å². The minimum Gasteiger partial charge on any atom is -0.321 e. The summed E-state index contributed by atoms with van der Waals surface area (Å²) in [6.07, 6.45) is 6.05. The number of hydrogen-bond acceptors (Lipinski definition) is 5. The summed E-state index contributed by atoms with van der Waals surface area (Å²) in [7, 11) is 1.84. The van der Waals surface area contributed by atoms with E-state index in [1.165, 1.54) is 0 Å². The number of aromatic nitrogens is 4. The molecule has 2 aromatic rings. The standard InChI is InChI=1S/C13H16N6O/c1-9-4-6-19(12(9)20)11-3-5-14-13(17-11)16-10-7-15-18(2)8-10/h3,5,7-9H,4,6H2,1-2H3,(H,14,16,17). The molecule has 0 bridgehead atoms. The molecule has 3 heterocycles. The van der Waals surface area contributed by atoms with Gasteiger partial charge in [-0.1, -0.05) is 6.92 Å². The Morgan fingerprint density at radius 3 is 2.95 bits per heavy atom. The zero-order chi connectivity index (χ0) is 14.1. The molecule has 0 spiro atoms. The van der Waals surface area contributed by atoms with Crippen molar-refractivity contribution in [3.05, 3.63) is 24.7 Å². The zero-order valence-electron chi connectivity index (χ0n) is 11.4. The van der Waals surface area contributed by atoms with Crippen molar-refractivity contribution in [2.75, 3.05) is 16.8 Å². The monoisotopic (exact) mass is 272 g/mol. The number of amides is 1. The molecule has 0 aliphatic carbocycles. The third-order valence-corrected chi connectivity index (χ3v) is 3.35. The summed E-state index contributed by atoms with van der Waals surface area (Å²) in [5, 5.41) is 7.14. The summed E-state index contributed by atoms with van der Waals surface area (Å²) >= 11 is 0. The zero-order valence-corrected chi connectivity index (χ0v) is 11.4. The fraction of sp³-hybridized carbons (Fsp3) is 0.385. The molecule has 1 aliphatic heterocycles. The van der Waals surface area contributed by atoms with Crippen LogP contribution in [0.2, 0.25) is 0 Å². The second kappa shape index (κ2) is 4.92. The predicted octanol–water partition coefficient (Wildman–Crippen LogP) is 1.33. The largest absolute Gasteiger partial charge is 0.321 e. The van der Waals surface area contributed by atoms with Crippen molar-refractivity contribution in [2.45, 2.75) is 13.3 Å². The predicted molar refractivity (Wildman–Crippen MR) is 74.7 cm³/mol. The minimum atomic E-state index is 0.0692. The molecule has 104 valence electrons. The van der Waals surface area contributed by atoms with E-state index in [0.29, 0.717) is 18.3 Å². The first-order valence-corrected chi connectivity index (χ1v) is 6.53. The molecular formula is C13H16N6O. The molecule has 0 saturated carbocycles. The van der Waals surface area contributed by atoms with E-state index < -0.39 is 0 Å². The summed E-state index contributed by atoms with van der Waals surface area (Å²) in [6, 6.07) is 1.75. The van der Waals surface area contributed by atoms with Crippen molar-refractivity contribution >= 4 is 23.4 Å². The average molecular weight is 272 g/mol. The van der Waals surface area contributed by atoms with Crippen LogP contribution in [-0.2, 0) is 11.8 Å². The molecule has 2 aromatic heterocycles. The summed E-state index contributed by atoms with van der Waals surface area (Å²) in [4.78, 5) is 22.3. The molecule has 20 heavy (non-hydrogen) atoms. The Morgan fingerprint density at radius 1 is 1.45 bits per heavy atom. The molecule has 1 saturated heterocycles. The van der Waals surface area contributed by atoms with Gasteiger partial charge in [-0.15, -0.1) is 0 Å². The van der Waals surface area contributed by atoms with Gasteiger partial charge in [0.1, 0.15) is 5.82 Å². The van der Waals surface area contributed by atoms with Crippen LogP contribution in [0.1, 0.15) is 13.3 Å². The Balaban J connectivity index is 1.81. The number of hydrogen-bond donors (Lipinski definition) is 1. The van der Waals surface area contributed by atoms with Gasteiger partial charge in [-0.25, -0.2) is 4.98 Å². The van der Waals surface area contributed by atoms with E-state index in [2.05, 4.69) is 20.4 Å². The molecule has 7 heteroatoms. The number of rotatable bonds is 3. The van der Waals surface area contributed by atoms with E-state index in [4.69, 9.17) is 0 Å². The van der Waals surface area contributed by atoms with Gasteiger partial charge in [0, 0.05) is 31.9 Å². The topological polar surface area (TPSA) is 75.9 Å². The van der Waals surface area contributed by atoms with Gasteiger partial charge in [-0.05, 0) is 12.5 Å². The lowest BCUT2D eigenvalue weighted by Gasteiger charge is -2.15. The first kappa shape index (κ1) is 12.6. The molecular weight excluding hydrogens is 256 g/mol. The Bertz CT molecular complexity index is 637. The van der Waals surface area contributed by atoms with E-state index in [1.54, 1.807) is 28.0 Å². The molecule has 1 amide bonds. The maximum Gasteiger partial charge on any atom is 0.231 e. The number of anilines is 3. The smallest absolute Gasteiger partial charge is 0.231 e. The maximum atomic E-state index is 12.0. The van der Waals surface area contributed by atoms with Gasteiger partial charge >= 0.3 is 0 Å². The maximum absolute atomic E-state index is 12.0. The fourth-order valence-corrected chi connectivity index (χ4v) is 2.22. The highest BCUT2D eigenvalue weighted by molar-refractivity contribution is 5.96. The van der Waals surface area contributed by atoms with Crippen LogP contribution in [0, 0.1) is 5.92 Å². The molecule has 1 N–H and O–H groups in total. The third-order valence-electron chi connectivity index (χ3n) is 3.35. The molecule has 1 atom stereocenters. The third kappa shape index (κ3) is 2.34. The van der Waals surface area contributed by atoms with E-state index in [-0.39, 0.29) is 11.8 Å². The number of aryl methyl sites for hydroxylation is 1. The highest BCUT2D eigenvalue weighted by Crippen LogP contribution is 2.24. The van der Waals surface area contributed by atoms with Crippen molar-refractivity contribution < 1.29 is 4.79 Å². The Kier molecular flexibility index (Phi) is 3.09. The van der Waals surface area contributed by atoms with Gasteiger partial charge in [-0.2, -0.15) is 10.1 Å². The molecule has 3 rings (SSSR count). The summed E-state index contributed by atoms with van der Waals surface area (Å²) in [5.41, 5.74) is 0.811. The summed E-state index contributed by atoms with van der Waals surface area (Å²) < 4.78 is 1.69. The normalized spacial score (nSPS) is 18.6. The van der Waals surface area contributed by atoms with Crippen LogP contribution in [0.3, 0.4) is 0 Å². The van der Waals surface area contributed by atoms with Gasteiger partial charge in [0.05, 0.1) is 11.9 Å². The first-order valence-electron chi connectivity index (χ1n) is 6.53. The molecule has 7 nitrogen and oxygen atoms in total. The molecule has 0 aromatic carbocycles. The quantitative estimate of drug-likeness (QED) is 0.912. The van der Waals surface area contributed by atoms with Crippen LogP contribution >= 0.6 is 0 Å². The molecule has 1 fully saturated rings. The van der Waals surface area contributed by atoms with Crippen LogP contribution in [0.15, 0.2) is 24.7 Å². The van der Waals surface area contributed by atoms with Crippen molar-refractivity contribution in [1.29, 1.82) is 0 Å². The highest BCUT2D eigenvalue weighted by atomic mass is 16.2. The molecule has 0 radical (unpaired) electrons.